The Kier molecular flexibility index (Phi) is 5.22. The number of nitrogens with zero attached hydrogens (tertiary/aromatic N) is 1. The second kappa shape index (κ2) is 6.75. The summed E-state index contributed by atoms with van der Waals surface area (Å²) in [6, 6.07) is 3.63. The van der Waals surface area contributed by atoms with Gasteiger partial charge in [-0.15, -0.1) is 12.4 Å². The largest absolute Gasteiger partial charge is 0.457 e. The molecular formula is C15H21ClN2O3. The van der Waals surface area contributed by atoms with E-state index in [-0.39, 0.29) is 18.4 Å². The van der Waals surface area contributed by atoms with Gasteiger partial charge in [0.1, 0.15) is 6.61 Å². The molecule has 116 valence electrons. The topological polar surface area (TPSA) is 61.8 Å². The number of nitrogens with one attached hydrogen (secondary N) is 1. The zero-order valence-electron chi connectivity index (χ0n) is 12.1. The van der Waals surface area contributed by atoms with Crippen molar-refractivity contribution in [1.82, 2.24) is 10.2 Å². The third-order valence-corrected chi connectivity index (χ3v) is 4.21. The highest BCUT2D eigenvalue weighted by atomic mass is 35.5. The van der Waals surface area contributed by atoms with Gasteiger partial charge in [0.25, 0.3) is 0 Å². The van der Waals surface area contributed by atoms with Gasteiger partial charge < -0.3 is 15.2 Å². The highest BCUT2D eigenvalue weighted by Gasteiger charge is 2.26. The van der Waals surface area contributed by atoms with Crippen LogP contribution < -0.4 is 5.32 Å². The van der Waals surface area contributed by atoms with Crippen molar-refractivity contribution in [2.45, 2.75) is 19.6 Å². The first-order valence-electron chi connectivity index (χ1n) is 7.07. The van der Waals surface area contributed by atoms with Crippen molar-refractivity contribution in [1.29, 1.82) is 0 Å². The van der Waals surface area contributed by atoms with E-state index < -0.39 is 6.10 Å². The van der Waals surface area contributed by atoms with Gasteiger partial charge >= 0.3 is 5.97 Å². The average molecular weight is 313 g/mol. The number of β-amino-alcohol motifs (C(OH)–C–C–N with tert-alkyl or cyclic N) is 1. The lowest BCUT2D eigenvalue weighted by Crippen LogP contribution is -2.45. The lowest BCUT2D eigenvalue weighted by Gasteiger charge is -2.29. The molecule has 0 amide bonds. The summed E-state index contributed by atoms with van der Waals surface area (Å²) in [5.74, 6) is -0.258. The molecule has 1 atom stereocenters. The summed E-state index contributed by atoms with van der Waals surface area (Å²) in [4.78, 5) is 13.8. The number of carbonyl (C=O) groups is 1. The van der Waals surface area contributed by atoms with Gasteiger partial charge in [-0.1, -0.05) is 6.07 Å². The van der Waals surface area contributed by atoms with Gasteiger partial charge in [-0.3, -0.25) is 4.90 Å². The van der Waals surface area contributed by atoms with Crippen LogP contribution in [0.3, 0.4) is 0 Å². The first kappa shape index (κ1) is 16.2. The number of carbonyl (C=O) groups excluding carboxylic acids is 1. The van der Waals surface area contributed by atoms with Crippen molar-refractivity contribution in [3.8, 4) is 0 Å². The lowest BCUT2D eigenvalue weighted by atomic mass is 9.95. The Morgan fingerprint density at radius 2 is 2.10 bits per heavy atom. The standard InChI is InChI=1S/C15H20N2O3.ClH/c1-10-11(2-3-12-13(10)9-20-15(12)19)14(18)8-17-6-4-16-5-7-17;/h2-3,14,16,18H,4-9H2,1H3;1H. The number of hydrogen-bond donors (Lipinski definition) is 2. The van der Waals surface area contributed by atoms with Crippen LogP contribution in [-0.2, 0) is 11.3 Å². The molecule has 2 N–H and O–H groups in total. The number of fused-ring (bicyclic) bond motifs is 1. The minimum Gasteiger partial charge on any atom is -0.457 e. The van der Waals surface area contributed by atoms with E-state index in [0.29, 0.717) is 18.7 Å². The summed E-state index contributed by atoms with van der Waals surface area (Å²) in [6.07, 6.45) is -0.519. The van der Waals surface area contributed by atoms with Crippen LogP contribution in [0.2, 0.25) is 0 Å². The fraction of sp³-hybridized carbons (Fsp3) is 0.533. The smallest absolute Gasteiger partial charge is 0.338 e. The molecule has 5 nitrogen and oxygen atoms in total. The molecular weight excluding hydrogens is 292 g/mol. The van der Waals surface area contributed by atoms with Gasteiger partial charge in [0.2, 0.25) is 0 Å². The fourth-order valence-corrected chi connectivity index (χ4v) is 2.97. The number of ether oxygens (including phenoxy) is 1. The minimum absolute atomic E-state index is 0. The molecule has 2 aliphatic heterocycles. The third-order valence-electron chi connectivity index (χ3n) is 4.21. The summed E-state index contributed by atoms with van der Waals surface area (Å²) in [6.45, 7) is 6.78. The normalized spacial score (nSPS) is 19.6. The summed E-state index contributed by atoms with van der Waals surface area (Å²) in [5, 5.41) is 13.8. The third kappa shape index (κ3) is 3.21. The summed E-state index contributed by atoms with van der Waals surface area (Å²) < 4.78 is 5.05. The zero-order valence-corrected chi connectivity index (χ0v) is 12.9. The van der Waals surface area contributed by atoms with Crippen molar-refractivity contribution >= 4 is 18.4 Å². The van der Waals surface area contributed by atoms with E-state index >= 15 is 0 Å². The number of rotatable bonds is 3. The van der Waals surface area contributed by atoms with E-state index in [1.54, 1.807) is 6.07 Å². The van der Waals surface area contributed by atoms with Crippen molar-refractivity contribution in [2.75, 3.05) is 32.7 Å². The van der Waals surface area contributed by atoms with Crippen molar-refractivity contribution in [3.63, 3.8) is 0 Å². The van der Waals surface area contributed by atoms with Crippen LogP contribution in [0.25, 0.3) is 0 Å². The maximum absolute atomic E-state index is 11.5. The number of hydrogen-bond acceptors (Lipinski definition) is 5. The van der Waals surface area contributed by atoms with Crippen molar-refractivity contribution in [3.05, 3.63) is 34.4 Å². The zero-order chi connectivity index (χ0) is 14.1. The Labute approximate surface area is 130 Å². The number of benzene rings is 1. The Morgan fingerprint density at radius 3 is 2.81 bits per heavy atom. The summed E-state index contributed by atoms with van der Waals surface area (Å²) >= 11 is 0. The molecule has 3 rings (SSSR count). The number of esters is 1. The molecule has 0 bridgehead atoms. The Hall–Kier alpha value is -1.14. The van der Waals surface area contributed by atoms with Gasteiger partial charge in [0, 0.05) is 38.3 Å². The Bertz CT molecular complexity index is 530. The number of aliphatic hydroxyl groups excluding tert-OH is 1. The second-order valence-corrected chi connectivity index (χ2v) is 5.45. The van der Waals surface area contributed by atoms with Crippen LogP contribution in [0.1, 0.15) is 33.2 Å². The Morgan fingerprint density at radius 1 is 1.38 bits per heavy atom. The summed E-state index contributed by atoms with van der Waals surface area (Å²) in [7, 11) is 0. The molecule has 1 fully saturated rings. The van der Waals surface area contributed by atoms with E-state index in [9.17, 15) is 9.90 Å². The SMILES string of the molecule is Cc1c(C(O)CN2CCNCC2)ccc2c1COC2=O.Cl. The molecule has 2 heterocycles. The lowest BCUT2D eigenvalue weighted by molar-refractivity contribution is 0.0535. The molecule has 6 heteroatoms. The predicted octanol–water partition coefficient (Wildman–Crippen LogP) is 1.03. The van der Waals surface area contributed by atoms with Crippen LogP contribution >= 0.6 is 12.4 Å². The minimum atomic E-state index is -0.519. The number of cyclic esters (lactones) is 1. The van der Waals surface area contributed by atoms with E-state index in [2.05, 4.69) is 10.2 Å². The molecule has 1 unspecified atom stereocenters. The van der Waals surface area contributed by atoms with Crippen molar-refractivity contribution in [2.24, 2.45) is 0 Å². The van der Waals surface area contributed by atoms with E-state index in [1.807, 2.05) is 13.0 Å². The molecule has 0 saturated carbocycles. The molecule has 1 saturated heterocycles. The monoisotopic (exact) mass is 312 g/mol. The molecule has 0 aliphatic carbocycles. The van der Waals surface area contributed by atoms with E-state index in [4.69, 9.17) is 4.74 Å². The Balaban J connectivity index is 0.00000161. The molecule has 21 heavy (non-hydrogen) atoms. The molecule has 0 radical (unpaired) electrons. The quantitative estimate of drug-likeness (QED) is 0.816. The number of halogens is 1. The van der Waals surface area contributed by atoms with Crippen LogP contribution in [0.5, 0.6) is 0 Å². The number of piperazine rings is 1. The predicted molar refractivity (Wildman–Crippen MR) is 81.8 cm³/mol. The van der Waals surface area contributed by atoms with Crippen molar-refractivity contribution < 1.29 is 14.6 Å². The van der Waals surface area contributed by atoms with Crippen LogP contribution in [0.15, 0.2) is 12.1 Å². The van der Waals surface area contributed by atoms with Crippen LogP contribution in [0, 0.1) is 6.92 Å². The van der Waals surface area contributed by atoms with Crippen LogP contribution in [0.4, 0.5) is 0 Å². The van der Waals surface area contributed by atoms with Gasteiger partial charge in [-0.05, 0) is 24.1 Å². The molecule has 2 aliphatic rings. The average Bonchev–Trinajstić information content (AvgIpc) is 2.83. The highest BCUT2D eigenvalue weighted by Crippen LogP contribution is 2.29. The fourth-order valence-electron chi connectivity index (χ4n) is 2.97. The summed E-state index contributed by atoms with van der Waals surface area (Å²) in [5.41, 5.74) is 3.45. The van der Waals surface area contributed by atoms with Gasteiger partial charge in [0.15, 0.2) is 0 Å². The van der Waals surface area contributed by atoms with Gasteiger partial charge in [-0.25, -0.2) is 4.79 Å². The maximum atomic E-state index is 11.5. The van der Waals surface area contributed by atoms with Crippen LogP contribution in [-0.4, -0.2) is 48.7 Å². The first-order valence-corrected chi connectivity index (χ1v) is 7.07. The molecule has 0 spiro atoms. The highest BCUT2D eigenvalue weighted by molar-refractivity contribution is 5.93. The maximum Gasteiger partial charge on any atom is 0.338 e. The second-order valence-electron chi connectivity index (χ2n) is 5.45. The van der Waals surface area contributed by atoms with Gasteiger partial charge in [-0.2, -0.15) is 0 Å². The van der Waals surface area contributed by atoms with E-state index in [0.717, 1.165) is 42.9 Å². The molecule has 0 aromatic heterocycles. The molecule has 1 aromatic rings. The number of aliphatic hydroxyl groups is 1. The molecule has 1 aromatic carbocycles. The first-order chi connectivity index (χ1) is 9.66. The van der Waals surface area contributed by atoms with Gasteiger partial charge in [0.05, 0.1) is 11.7 Å². The van der Waals surface area contributed by atoms with E-state index in [1.165, 1.54) is 0 Å².